The molecule has 0 aromatic carbocycles. The maximum absolute atomic E-state index is 11.8. The lowest BCUT2D eigenvalue weighted by Gasteiger charge is -2.16. The van der Waals surface area contributed by atoms with E-state index in [1.807, 2.05) is 6.07 Å². The third-order valence-corrected chi connectivity index (χ3v) is 3.28. The minimum Gasteiger partial charge on any atom is -0.278 e. The van der Waals surface area contributed by atoms with Gasteiger partial charge in [0.05, 0.1) is 18.4 Å². The molecule has 1 aromatic heterocycles. The summed E-state index contributed by atoms with van der Waals surface area (Å²) in [5.41, 5.74) is 0.895. The third-order valence-electron chi connectivity index (χ3n) is 3.28. The molecule has 2 fully saturated rings. The highest BCUT2D eigenvalue weighted by molar-refractivity contribution is 6.08. The number of nitriles is 1. The molecule has 5 heteroatoms. The summed E-state index contributed by atoms with van der Waals surface area (Å²) in [6.45, 7) is 0.168. The Bertz CT molecular complexity index is 541. The second-order valence-corrected chi connectivity index (χ2v) is 4.33. The SMILES string of the molecule is N#Cc1ncccc1CN1C(=O)C2CC2C1=O. The van der Waals surface area contributed by atoms with Crippen LogP contribution in [-0.4, -0.2) is 21.7 Å². The van der Waals surface area contributed by atoms with Crippen LogP contribution in [0.15, 0.2) is 18.3 Å². The summed E-state index contributed by atoms with van der Waals surface area (Å²) < 4.78 is 0. The molecule has 1 aromatic rings. The monoisotopic (exact) mass is 227 g/mol. The Balaban J connectivity index is 1.86. The minimum atomic E-state index is -0.104. The summed E-state index contributed by atoms with van der Waals surface area (Å²) in [7, 11) is 0. The number of hydrogen-bond acceptors (Lipinski definition) is 4. The standard InChI is InChI=1S/C12H9N3O2/c13-5-10-7(2-1-3-14-10)6-15-11(16)8-4-9(8)12(15)17/h1-3,8-9H,4,6H2. The molecule has 0 radical (unpaired) electrons. The van der Waals surface area contributed by atoms with Gasteiger partial charge in [-0.05, 0) is 12.5 Å². The zero-order valence-electron chi connectivity index (χ0n) is 8.96. The van der Waals surface area contributed by atoms with Gasteiger partial charge < -0.3 is 0 Å². The molecule has 2 unspecified atom stereocenters. The lowest BCUT2D eigenvalue weighted by molar-refractivity contribution is -0.142. The maximum atomic E-state index is 11.8. The molecule has 1 saturated heterocycles. The maximum Gasteiger partial charge on any atom is 0.233 e. The first kappa shape index (κ1) is 9.97. The van der Waals surface area contributed by atoms with Gasteiger partial charge in [-0.15, -0.1) is 0 Å². The highest BCUT2D eigenvalue weighted by atomic mass is 16.2. The van der Waals surface area contributed by atoms with Crippen LogP contribution in [0.1, 0.15) is 17.7 Å². The van der Waals surface area contributed by atoms with Crippen molar-refractivity contribution < 1.29 is 9.59 Å². The van der Waals surface area contributed by atoms with Crippen LogP contribution in [0.2, 0.25) is 0 Å². The zero-order valence-corrected chi connectivity index (χ0v) is 8.96. The van der Waals surface area contributed by atoms with Gasteiger partial charge in [0.1, 0.15) is 11.8 Å². The molecule has 1 aliphatic carbocycles. The number of fused-ring (bicyclic) bond motifs is 1. The van der Waals surface area contributed by atoms with Gasteiger partial charge in [0.25, 0.3) is 0 Å². The molecule has 3 rings (SSSR count). The van der Waals surface area contributed by atoms with Crippen molar-refractivity contribution in [3.63, 3.8) is 0 Å². The number of hydrogen-bond donors (Lipinski definition) is 0. The van der Waals surface area contributed by atoms with Crippen LogP contribution in [0.3, 0.4) is 0 Å². The molecule has 0 N–H and O–H groups in total. The van der Waals surface area contributed by atoms with Gasteiger partial charge in [-0.25, -0.2) is 4.98 Å². The molecule has 2 atom stereocenters. The summed E-state index contributed by atoms with van der Waals surface area (Å²) in [4.78, 5) is 28.7. The fourth-order valence-corrected chi connectivity index (χ4v) is 2.24. The molecule has 17 heavy (non-hydrogen) atoms. The van der Waals surface area contributed by atoms with Crippen molar-refractivity contribution in [3.8, 4) is 6.07 Å². The van der Waals surface area contributed by atoms with Crippen LogP contribution >= 0.6 is 0 Å². The van der Waals surface area contributed by atoms with E-state index in [9.17, 15) is 9.59 Å². The molecule has 1 aliphatic heterocycles. The van der Waals surface area contributed by atoms with Crippen molar-refractivity contribution in [1.82, 2.24) is 9.88 Å². The number of likely N-dealkylation sites (tertiary alicyclic amines) is 1. The molecular weight excluding hydrogens is 218 g/mol. The Labute approximate surface area is 97.7 Å². The fourth-order valence-electron chi connectivity index (χ4n) is 2.24. The molecule has 5 nitrogen and oxygen atoms in total. The number of carbonyl (C=O) groups excluding carboxylic acids is 2. The van der Waals surface area contributed by atoms with E-state index < -0.39 is 0 Å². The summed E-state index contributed by atoms with van der Waals surface area (Å²) in [5, 5.41) is 8.88. The van der Waals surface area contributed by atoms with E-state index in [1.54, 1.807) is 12.1 Å². The van der Waals surface area contributed by atoms with Crippen molar-refractivity contribution in [2.24, 2.45) is 11.8 Å². The molecular formula is C12H9N3O2. The normalized spacial score (nSPS) is 25.7. The fraction of sp³-hybridized carbons (Fsp3) is 0.333. The van der Waals surface area contributed by atoms with Crippen LogP contribution in [0.4, 0.5) is 0 Å². The van der Waals surface area contributed by atoms with Crippen molar-refractivity contribution >= 4 is 11.8 Å². The van der Waals surface area contributed by atoms with E-state index >= 15 is 0 Å². The van der Waals surface area contributed by atoms with E-state index in [0.717, 1.165) is 0 Å². The first-order chi connectivity index (χ1) is 8.22. The number of amides is 2. The Morgan fingerprint density at radius 1 is 1.41 bits per heavy atom. The van der Waals surface area contributed by atoms with Crippen molar-refractivity contribution in [2.45, 2.75) is 13.0 Å². The molecule has 0 spiro atoms. The highest BCUT2D eigenvalue weighted by Crippen LogP contribution is 2.47. The summed E-state index contributed by atoms with van der Waals surface area (Å²) in [5.74, 6) is -0.394. The predicted octanol–water partition coefficient (Wildman–Crippen LogP) is 0.458. The van der Waals surface area contributed by atoms with Gasteiger partial charge >= 0.3 is 0 Å². The molecule has 0 bridgehead atoms. The average Bonchev–Trinajstić information content (AvgIpc) is 3.10. The molecule has 2 heterocycles. The molecule has 1 saturated carbocycles. The van der Waals surface area contributed by atoms with Crippen LogP contribution in [0, 0.1) is 23.2 Å². The van der Waals surface area contributed by atoms with Crippen LogP contribution in [0.25, 0.3) is 0 Å². The number of pyridine rings is 1. The van der Waals surface area contributed by atoms with Gasteiger partial charge in [-0.2, -0.15) is 5.26 Å². The summed E-state index contributed by atoms with van der Waals surface area (Å²) in [6.07, 6.45) is 2.22. The van der Waals surface area contributed by atoms with E-state index in [1.165, 1.54) is 11.1 Å². The lowest BCUT2D eigenvalue weighted by Crippen LogP contribution is -2.32. The molecule has 2 aliphatic rings. The largest absolute Gasteiger partial charge is 0.278 e. The Morgan fingerprint density at radius 2 is 2.12 bits per heavy atom. The van der Waals surface area contributed by atoms with Crippen LogP contribution in [-0.2, 0) is 16.1 Å². The topological polar surface area (TPSA) is 74.1 Å². The number of imide groups is 1. The second kappa shape index (κ2) is 3.39. The number of rotatable bonds is 2. The number of nitrogens with zero attached hydrogens (tertiary/aromatic N) is 3. The summed E-state index contributed by atoms with van der Waals surface area (Å²) in [6, 6.07) is 5.38. The Kier molecular flexibility index (Phi) is 1.99. The van der Waals surface area contributed by atoms with Crippen molar-refractivity contribution in [1.29, 1.82) is 5.26 Å². The Hall–Kier alpha value is -2.22. The van der Waals surface area contributed by atoms with Crippen LogP contribution < -0.4 is 0 Å². The number of carbonyl (C=O) groups is 2. The van der Waals surface area contributed by atoms with Gasteiger partial charge in [0, 0.05) is 11.8 Å². The minimum absolute atomic E-state index is 0.0929. The predicted molar refractivity (Wildman–Crippen MR) is 56.1 cm³/mol. The van der Waals surface area contributed by atoms with E-state index in [0.29, 0.717) is 12.0 Å². The van der Waals surface area contributed by atoms with Gasteiger partial charge in [-0.1, -0.05) is 6.07 Å². The first-order valence-electron chi connectivity index (χ1n) is 5.41. The van der Waals surface area contributed by atoms with Gasteiger partial charge in [-0.3, -0.25) is 14.5 Å². The second-order valence-electron chi connectivity index (χ2n) is 4.33. The lowest BCUT2D eigenvalue weighted by atomic mass is 10.2. The van der Waals surface area contributed by atoms with Gasteiger partial charge in [0.2, 0.25) is 11.8 Å². The zero-order chi connectivity index (χ0) is 12.0. The van der Waals surface area contributed by atoms with Crippen molar-refractivity contribution in [2.75, 3.05) is 0 Å². The molecule has 2 amide bonds. The van der Waals surface area contributed by atoms with Gasteiger partial charge in [0.15, 0.2) is 0 Å². The van der Waals surface area contributed by atoms with E-state index in [-0.39, 0.29) is 35.9 Å². The molecule has 84 valence electrons. The smallest absolute Gasteiger partial charge is 0.233 e. The quantitative estimate of drug-likeness (QED) is 0.688. The average molecular weight is 227 g/mol. The number of piperidine rings is 1. The Morgan fingerprint density at radius 3 is 2.76 bits per heavy atom. The third kappa shape index (κ3) is 1.41. The highest BCUT2D eigenvalue weighted by Gasteiger charge is 2.58. The van der Waals surface area contributed by atoms with E-state index in [4.69, 9.17) is 5.26 Å². The number of aromatic nitrogens is 1. The van der Waals surface area contributed by atoms with Crippen molar-refractivity contribution in [3.05, 3.63) is 29.6 Å². The summed E-state index contributed by atoms with van der Waals surface area (Å²) >= 11 is 0. The first-order valence-corrected chi connectivity index (χ1v) is 5.41. The van der Waals surface area contributed by atoms with E-state index in [2.05, 4.69) is 4.98 Å². The van der Waals surface area contributed by atoms with Crippen LogP contribution in [0.5, 0.6) is 0 Å².